The molecule has 1 fully saturated rings. The molecule has 0 heterocycles. The van der Waals surface area contributed by atoms with Gasteiger partial charge in [0.2, 0.25) is 0 Å². The Morgan fingerprint density at radius 3 is 2.44 bits per heavy atom. The lowest BCUT2D eigenvalue weighted by atomic mass is 10.0. The average Bonchev–Trinajstić information content (AvgIpc) is 2.74. The highest BCUT2D eigenvalue weighted by Gasteiger charge is 2.33. The molecule has 0 spiro atoms. The smallest absolute Gasteiger partial charge is 0.150 e. The van der Waals surface area contributed by atoms with Crippen molar-refractivity contribution in [2.75, 3.05) is 24.7 Å². The molecule has 5 heteroatoms. The fraction of sp³-hybridized carbons (Fsp3) is 1.00. The van der Waals surface area contributed by atoms with Crippen LogP contribution >= 0.6 is 0 Å². The predicted octanol–water partition coefficient (Wildman–Crippen LogP) is 1.10. The molecule has 0 aromatic carbocycles. The second-order valence-electron chi connectivity index (χ2n) is 4.53. The van der Waals surface area contributed by atoms with E-state index in [1.807, 2.05) is 0 Å². The highest BCUT2D eigenvalue weighted by atomic mass is 32.2. The van der Waals surface area contributed by atoms with Crippen molar-refractivity contribution in [2.24, 2.45) is 5.73 Å². The minimum Gasteiger partial charge on any atom is -0.374 e. The van der Waals surface area contributed by atoms with Crippen LogP contribution in [0.15, 0.2) is 0 Å². The third-order valence-electron chi connectivity index (χ3n) is 3.33. The van der Waals surface area contributed by atoms with Crippen LogP contribution in [0.2, 0.25) is 0 Å². The van der Waals surface area contributed by atoms with Gasteiger partial charge < -0.3 is 10.5 Å². The van der Waals surface area contributed by atoms with Crippen LogP contribution in [0, 0.1) is 0 Å². The van der Waals surface area contributed by atoms with Gasteiger partial charge in [-0.3, -0.25) is 0 Å². The van der Waals surface area contributed by atoms with Crippen LogP contribution in [0.25, 0.3) is 0 Å². The van der Waals surface area contributed by atoms with Crippen LogP contribution in [0.3, 0.4) is 0 Å². The summed E-state index contributed by atoms with van der Waals surface area (Å²) in [7, 11) is -2.85. The molecule has 1 aliphatic carbocycles. The van der Waals surface area contributed by atoms with E-state index in [1.165, 1.54) is 12.8 Å². The zero-order valence-corrected chi connectivity index (χ0v) is 10.9. The van der Waals surface area contributed by atoms with Crippen molar-refractivity contribution < 1.29 is 13.2 Å². The summed E-state index contributed by atoms with van der Waals surface area (Å²) in [4.78, 5) is 0. The summed E-state index contributed by atoms with van der Waals surface area (Å²) < 4.78 is 28.3. The molecule has 1 saturated carbocycles. The van der Waals surface area contributed by atoms with Crippen LogP contribution in [0.4, 0.5) is 0 Å². The molecule has 16 heavy (non-hydrogen) atoms. The fourth-order valence-electron chi connectivity index (χ4n) is 2.14. The van der Waals surface area contributed by atoms with Gasteiger partial charge in [0.25, 0.3) is 0 Å². The third kappa shape index (κ3) is 4.03. The van der Waals surface area contributed by atoms with Crippen LogP contribution in [0.1, 0.15) is 39.0 Å². The van der Waals surface area contributed by atoms with Gasteiger partial charge in [0.15, 0.2) is 0 Å². The van der Waals surface area contributed by atoms with Crippen LogP contribution < -0.4 is 5.73 Å². The molecular weight excluding hydrogens is 226 g/mol. The second-order valence-corrected chi connectivity index (χ2v) is 7.01. The maximum Gasteiger partial charge on any atom is 0.150 e. The van der Waals surface area contributed by atoms with Gasteiger partial charge in [-0.05, 0) is 19.3 Å². The first kappa shape index (κ1) is 13.9. The number of sulfone groups is 1. The predicted molar refractivity (Wildman–Crippen MR) is 65.2 cm³/mol. The zero-order chi connectivity index (χ0) is 12.1. The summed E-state index contributed by atoms with van der Waals surface area (Å²) in [6, 6.07) is 0. The van der Waals surface area contributed by atoms with Crippen molar-refractivity contribution in [3.05, 3.63) is 0 Å². The Kier molecular flexibility index (Phi) is 5.21. The Morgan fingerprint density at radius 1 is 1.31 bits per heavy atom. The molecule has 0 radical (unpaired) electrons. The normalized spacial score (nSPS) is 20.1. The molecule has 0 saturated heterocycles. The summed E-state index contributed by atoms with van der Waals surface area (Å²) in [6.45, 7) is 2.73. The highest BCUT2D eigenvalue weighted by molar-refractivity contribution is 7.91. The van der Waals surface area contributed by atoms with E-state index in [-0.39, 0.29) is 17.1 Å². The minimum atomic E-state index is -2.85. The van der Waals surface area contributed by atoms with Gasteiger partial charge >= 0.3 is 0 Å². The quantitative estimate of drug-likeness (QED) is 0.686. The van der Waals surface area contributed by atoms with Crippen molar-refractivity contribution in [1.29, 1.82) is 0 Å². The summed E-state index contributed by atoms with van der Waals surface area (Å²) in [5.74, 6) is 0.444. The van der Waals surface area contributed by atoms with Gasteiger partial charge in [-0.1, -0.05) is 19.8 Å². The van der Waals surface area contributed by atoms with E-state index >= 15 is 0 Å². The summed E-state index contributed by atoms with van der Waals surface area (Å²) in [5, 5.41) is 0. The molecule has 0 unspecified atom stereocenters. The van der Waals surface area contributed by atoms with Gasteiger partial charge in [0, 0.05) is 18.9 Å². The van der Waals surface area contributed by atoms with E-state index in [9.17, 15) is 8.42 Å². The number of ether oxygens (including phenoxy) is 1. The van der Waals surface area contributed by atoms with E-state index in [0.717, 1.165) is 12.8 Å². The first-order chi connectivity index (χ1) is 7.54. The molecular formula is C11H23NO3S. The Labute approximate surface area is 98.5 Å². The Bertz CT molecular complexity index is 294. The van der Waals surface area contributed by atoms with E-state index in [1.54, 1.807) is 6.92 Å². The van der Waals surface area contributed by atoms with Gasteiger partial charge in [-0.25, -0.2) is 8.42 Å². The fourth-order valence-corrected chi connectivity index (χ4v) is 2.98. The maximum atomic E-state index is 11.3. The SMILES string of the molecule is CCS(=O)(=O)CCCOC1(CN)CCCC1. The van der Waals surface area contributed by atoms with Gasteiger partial charge in [-0.2, -0.15) is 0 Å². The molecule has 0 aliphatic heterocycles. The van der Waals surface area contributed by atoms with Crippen molar-refractivity contribution in [3.8, 4) is 0 Å². The lowest BCUT2D eigenvalue weighted by Gasteiger charge is -2.27. The van der Waals surface area contributed by atoms with E-state index in [4.69, 9.17) is 10.5 Å². The second kappa shape index (κ2) is 5.98. The first-order valence-corrected chi connectivity index (χ1v) is 7.90. The molecule has 96 valence electrons. The summed E-state index contributed by atoms with van der Waals surface area (Å²) in [6.07, 6.45) is 4.96. The monoisotopic (exact) mass is 249 g/mol. The van der Waals surface area contributed by atoms with Crippen LogP contribution in [-0.2, 0) is 14.6 Å². The van der Waals surface area contributed by atoms with Gasteiger partial charge in [-0.15, -0.1) is 0 Å². The minimum absolute atomic E-state index is 0.157. The Hall–Kier alpha value is -0.130. The largest absolute Gasteiger partial charge is 0.374 e. The number of hydrogen-bond acceptors (Lipinski definition) is 4. The first-order valence-electron chi connectivity index (χ1n) is 6.08. The number of nitrogens with two attached hydrogens (primary N) is 1. The molecule has 2 N–H and O–H groups in total. The number of rotatable bonds is 7. The van der Waals surface area contributed by atoms with Crippen molar-refractivity contribution in [3.63, 3.8) is 0 Å². The molecule has 0 bridgehead atoms. The van der Waals surface area contributed by atoms with E-state index in [0.29, 0.717) is 19.6 Å². The van der Waals surface area contributed by atoms with Crippen molar-refractivity contribution in [1.82, 2.24) is 0 Å². The van der Waals surface area contributed by atoms with Crippen LogP contribution in [-0.4, -0.2) is 38.7 Å². The van der Waals surface area contributed by atoms with Gasteiger partial charge in [0.05, 0.1) is 11.4 Å². The molecule has 4 nitrogen and oxygen atoms in total. The van der Waals surface area contributed by atoms with Crippen molar-refractivity contribution >= 4 is 9.84 Å². The third-order valence-corrected chi connectivity index (χ3v) is 5.12. The molecule has 0 aromatic rings. The standard InChI is InChI=1S/C11H23NO3S/c1-2-16(13,14)9-5-8-15-11(10-12)6-3-4-7-11/h2-10,12H2,1H3. The Balaban J connectivity index is 2.24. The Morgan fingerprint density at radius 2 is 1.94 bits per heavy atom. The highest BCUT2D eigenvalue weighted by Crippen LogP contribution is 2.32. The van der Waals surface area contributed by atoms with E-state index in [2.05, 4.69) is 0 Å². The molecule has 0 amide bonds. The van der Waals surface area contributed by atoms with Gasteiger partial charge in [0.1, 0.15) is 9.84 Å². The lowest BCUT2D eigenvalue weighted by molar-refractivity contribution is -0.0329. The maximum absolute atomic E-state index is 11.3. The van der Waals surface area contributed by atoms with Crippen molar-refractivity contribution in [2.45, 2.75) is 44.6 Å². The zero-order valence-electron chi connectivity index (χ0n) is 10.1. The topological polar surface area (TPSA) is 69.4 Å². The number of hydrogen-bond donors (Lipinski definition) is 1. The average molecular weight is 249 g/mol. The molecule has 0 atom stereocenters. The summed E-state index contributed by atoms with van der Waals surface area (Å²) in [5.41, 5.74) is 5.56. The lowest BCUT2D eigenvalue weighted by Crippen LogP contribution is -2.38. The van der Waals surface area contributed by atoms with E-state index < -0.39 is 9.84 Å². The summed E-state index contributed by atoms with van der Waals surface area (Å²) >= 11 is 0. The van der Waals surface area contributed by atoms with Crippen LogP contribution in [0.5, 0.6) is 0 Å². The molecule has 0 aromatic heterocycles. The molecule has 1 aliphatic rings. The molecule has 1 rings (SSSR count).